The molecule has 5 rings (SSSR count). The zero-order valence-corrected chi connectivity index (χ0v) is 16.3. The van der Waals surface area contributed by atoms with E-state index < -0.39 is 5.97 Å². The molecule has 0 radical (unpaired) electrons. The van der Waals surface area contributed by atoms with Crippen molar-refractivity contribution in [1.29, 1.82) is 0 Å². The quantitative estimate of drug-likeness (QED) is 0.300. The Hall–Kier alpha value is -3.64. The van der Waals surface area contributed by atoms with E-state index in [2.05, 4.69) is 15.0 Å². The van der Waals surface area contributed by atoms with Gasteiger partial charge in [0.05, 0.1) is 15.8 Å². The molecule has 3 heterocycles. The van der Waals surface area contributed by atoms with E-state index in [1.54, 1.807) is 24.4 Å². The first kappa shape index (κ1) is 17.5. The monoisotopic (exact) mass is 397 g/mol. The summed E-state index contributed by atoms with van der Waals surface area (Å²) >= 11 is 1.50. The van der Waals surface area contributed by atoms with Crippen LogP contribution in [0.1, 0.15) is 16.1 Å². The smallest absolute Gasteiger partial charge is 0.345 e. The van der Waals surface area contributed by atoms with Crippen molar-refractivity contribution in [2.45, 2.75) is 6.92 Å². The Morgan fingerprint density at radius 3 is 2.72 bits per heavy atom. The summed E-state index contributed by atoms with van der Waals surface area (Å²) in [4.78, 5) is 26.6. The molecule has 5 nitrogen and oxygen atoms in total. The van der Waals surface area contributed by atoms with Crippen LogP contribution in [-0.4, -0.2) is 20.9 Å². The number of hydrogen-bond acceptors (Lipinski definition) is 6. The fraction of sp³-hybridized carbons (Fsp3) is 0.0435. The molecule has 0 atom stereocenters. The molecule has 0 saturated carbocycles. The summed E-state index contributed by atoms with van der Waals surface area (Å²) in [6.45, 7) is 1.91. The molecule has 140 valence electrons. The molecule has 0 amide bonds. The third-order valence-electron chi connectivity index (χ3n) is 4.55. The molecule has 0 fully saturated rings. The maximum absolute atomic E-state index is 13.0. The second kappa shape index (κ2) is 7.07. The number of para-hydroxylation sites is 2. The van der Waals surface area contributed by atoms with Crippen LogP contribution in [0.5, 0.6) is 5.75 Å². The lowest BCUT2D eigenvalue weighted by molar-refractivity contribution is 0.0737. The van der Waals surface area contributed by atoms with Crippen molar-refractivity contribution >= 4 is 38.4 Å². The summed E-state index contributed by atoms with van der Waals surface area (Å²) in [7, 11) is 0. The van der Waals surface area contributed by atoms with E-state index >= 15 is 0 Å². The Labute approximate surface area is 170 Å². The topological polar surface area (TPSA) is 65.0 Å². The van der Waals surface area contributed by atoms with Crippen molar-refractivity contribution in [2.24, 2.45) is 0 Å². The number of thiazole rings is 1. The minimum Gasteiger partial charge on any atom is -0.421 e. The van der Waals surface area contributed by atoms with Crippen molar-refractivity contribution in [3.05, 3.63) is 84.2 Å². The second-order valence-electron chi connectivity index (χ2n) is 6.56. The predicted octanol–water partition coefficient (Wildman–Crippen LogP) is 5.43. The van der Waals surface area contributed by atoms with E-state index in [-0.39, 0.29) is 0 Å². The van der Waals surface area contributed by atoms with Crippen molar-refractivity contribution < 1.29 is 9.53 Å². The molecule has 0 saturated heterocycles. The second-order valence-corrected chi connectivity index (χ2v) is 7.59. The fourth-order valence-electron chi connectivity index (χ4n) is 3.17. The molecule has 5 aromatic rings. The van der Waals surface area contributed by atoms with E-state index in [4.69, 9.17) is 4.74 Å². The fourth-order valence-corrected chi connectivity index (χ4v) is 4.15. The zero-order valence-electron chi connectivity index (χ0n) is 15.5. The molecule has 29 heavy (non-hydrogen) atoms. The summed E-state index contributed by atoms with van der Waals surface area (Å²) in [5.41, 5.74) is 3.29. The van der Waals surface area contributed by atoms with Crippen LogP contribution < -0.4 is 4.74 Å². The SMILES string of the molecule is Cc1ccc2cccc(OC(=O)c3cccnc3-c3nc4ccccc4s3)c2n1. The van der Waals surface area contributed by atoms with Gasteiger partial charge in [0.15, 0.2) is 5.75 Å². The first-order chi connectivity index (χ1) is 14.2. The minimum atomic E-state index is -0.483. The number of aromatic nitrogens is 3. The average Bonchev–Trinajstić information content (AvgIpc) is 3.18. The highest BCUT2D eigenvalue weighted by Crippen LogP contribution is 2.32. The molecular weight excluding hydrogens is 382 g/mol. The number of aryl methyl sites for hydroxylation is 1. The summed E-state index contributed by atoms with van der Waals surface area (Å²) in [6, 6.07) is 20.7. The number of carbonyl (C=O) groups is 1. The number of ether oxygens (including phenoxy) is 1. The maximum Gasteiger partial charge on any atom is 0.345 e. The number of carbonyl (C=O) groups excluding carboxylic acids is 1. The van der Waals surface area contributed by atoms with E-state index in [0.717, 1.165) is 21.3 Å². The Kier molecular flexibility index (Phi) is 4.26. The lowest BCUT2D eigenvalue weighted by atomic mass is 10.2. The summed E-state index contributed by atoms with van der Waals surface area (Å²) in [5.74, 6) is -0.0570. The summed E-state index contributed by atoms with van der Waals surface area (Å²) < 4.78 is 6.78. The Bertz CT molecular complexity index is 1340. The maximum atomic E-state index is 13.0. The molecule has 0 N–H and O–H groups in total. The van der Waals surface area contributed by atoms with E-state index in [1.807, 2.05) is 55.5 Å². The largest absolute Gasteiger partial charge is 0.421 e. The normalized spacial score (nSPS) is 11.1. The Morgan fingerprint density at radius 2 is 1.83 bits per heavy atom. The highest BCUT2D eigenvalue weighted by molar-refractivity contribution is 7.21. The van der Waals surface area contributed by atoms with E-state index in [9.17, 15) is 4.79 Å². The Morgan fingerprint density at radius 1 is 0.931 bits per heavy atom. The molecular formula is C23H15N3O2S. The molecule has 0 aliphatic heterocycles. The van der Waals surface area contributed by atoms with Crippen molar-refractivity contribution in [2.75, 3.05) is 0 Å². The van der Waals surface area contributed by atoms with Crippen LogP contribution in [0.25, 0.3) is 31.8 Å². The number of rotatable bonds is 3. The lowest BCUT2D eigenvalue weighted by Gasteiger charge is -2.09. The van der Waals surface area contributed by atoms with Crippen LogP contribution >= 0.6 is 11.3 Å². The van der Waals surface area contributed by atoms with E-state index in [0.29, 0.717) is 27.5 Å². The standard InChI is InChI=1S/C23H15N3O2S/c1-14-11-12-15-6-4-9-18(20(15)25-14)28-23(27)16-7-5-13-24-21(16)22-26-17-8-2-3-10-19(17)29-22/h2-13H,1H3. The number of hydrogen-bond donors (Lipinski definition) is 0. The summed E-state index contributed by atoms with van der Waals surface area (Å²) in [5, 5.41) is 1.60. The highest BCUT2D eigenvalue weighted by Gasteiger charge is 2.20. The lowest BCUT2D eigenvalue weighted by Crippen LogP contribution is -2.11. The molecule has 0 aliphatic rings. The van der Waals surface area contributed by atoms with Crippen molar-refractivity contribution in [3.63, 3.8) is 0 Å². The van der Waals surface area contributed by atoms with Crippen LogP contribution in [-0.2, 0) is 0 Å². The zero-order chi connectivity index (χ0) is 19.8. The van der Waals surface area contributed by atoms with Crippen LogP contribution in [0.2, 0.25) is 0 Å². The van der Waals surface area contributed by atoms with Crippen molar-refractivity contribution in [3.8, 4) is 16.5 Å². The Balaban J connectivity index is 1.55. The van der Waals surface area contributed by atoms with Gasteiger partial charge in [-0.2, -0.15) is 0 Å². The average molecular weight is 397 g/mol. The molecule has 2 aromatic carbocycles. The number of benzene rings is 2. The van der Waals surface area contributed by atoms with Crippen LogP contribution in [0.3, 0.4) is 0 Å². The number of nitrogens with zero attached hydrogens (tertiary/aromatic N) is 3. The molecule has 0 bridgehead atoms. The van der Waals surface area contributed by atoms with Crippen LogP contribution in [0.15, 0.2) is 72.9 Å². The van der Waals surface area contributed by atoms with E-state index in [1.165, 1.54) is 11.3 Å². The van der Waals surface area contributed by atoms with Gasteiger partial charge in [-0.1, -0.05) is 30.3 Å². The van der Waals surface area contributed by atoms with Gasteiger partial charge in [0, 0.05) is 17.3 Å². The van der Waals surface area contributed by atoms with Gasteiger partial charge < -0.3 is 4.74 Å². The van der Waals surface area contributed by atoms with Gasteiger partial charge >= 0.3 is 5.97 Å². The van der Waals surface area contributed by atoms with Gasteiger partial charge in [0.1, 0.15) is 16.2 Å². The summed E-state index contributed by atoms with van der Waals surface area (Å²) in [6.07, 6.45) is 1.65. The van der Waals surface area contributed by atoms with Crippen LogP contribution in [0.4, 0.5) is 0 Å². The number of fused-ring (bicyclic) bond motifs is 2. The highest BCUT2D eigenvalue weighted by atomic mass is 32.1. The molecule has 0 spiro atoms. The molecule has 0 unspecified atom stereocenters. The third kappa shape index (κ3) is 3.23. The van der Waals surface area contributed by atoms with Gasteiger partial charge in [-0.15, -0.1) is 11.3 Å². The van der Waals surface area contributed by atoms with Gasteiger partial charge in [-0.05, 0) is 43.3 Å². The predicted molar refractivity (Wildman–Crippen MR) is 114 cm³/mol. The van der Waals surface area contributed by atoms with Gasteiger partial charge in [0.25, 0.3) is 0 Å². The minimum absolute atomic E-state index is 0.371. The number of esters is 1. The first-order valence-electron chi connectivity index (χ1n) is 9.08. The van der Waals surface area contributed by atoms with Crippen molar-refractivity contribution in [1.82, 2.24) is 15.0 Å². The first-order valence-corrected chi connectivity index (χ1v) is 9.90. The van der Waals surface area contributed by atoms with Crippen LogP contribution in [0, 0.1) is 6.92 Å². The molecule has 3 aromatic heterocycles. The van der Waals surface area contributed by atoms with Gasteiger partial charge in [0.2, 0.25) is 0 Å². The van der Waals surface area contributed by atoms with Gasteiger partial charge in [-0.25, -0.2) is 14.8 Å². The van der Waals surface area contributed by atoms with Gasteiger partial charge in [-0.3, -0.25) is 4.98 Å². The molecule has 0 aliphatic carbocycles. The third-order valence-corrected chi connectivity index (χ3v) is 5.59. The molecule has 6 heteroatoms. The number of pyridine rings is 2.